The molecule has 0 saturated carbocycles. The predicted molar refractivity (Wildman–Crippen MR) is 123 cm³/mol. The van der Waals surface area contributed by atoms with Crippen LogP contribution in [0.15, 0.2) is 89.8 Å². The molecule has 3 aromatic carbocycles. The van der Waals surface area contributed by atoms with Crippen LogP contribution in [0.5, 0.6) is 0 Å². The maximum atomic E-state index is 13.4. The van der Waals surface area contributed by atoms with Crippen molar-refractivity contribution in [2.45, 2.75) is 37.8 Å². The second-order valence-corrected chi connectivity index (χ2v) is 9.78. The lowest BCUT2D eigenvalue weighted by molar-refractivity contribution is -0.176. The maximum absolute atomic E-state index is 13.4. The number of amides is 1. The molecular formula is C25H28N2O4S. The van der Waals surface area contributed by atoms with Gasteiger partial charge in [0.05, 0.1) is 4.90 Å². The standard InChI is InChI=1S/C25H28N2O4S/c1-18(2)23(26-32(30,31)22-16-14-19(3)15-17-22)25(28)27(29)24(20-10-6-4-7-11-20)21-12-8-5-9-13-21/h4-18,23-24,26,29H,1-3H3/t23-/m0/s1. The van der Waals surface area contributed by atoms with Crippen molar-refractivity contribution in [3.63, 3.8) is 0 Å². The molecule has 0 unspecified atom stereocenters. The minimum atomic E-state index is -3.96. The average molecular weight is 453 g/mol. The van der Waals surface area contributed by atoms with Crippen molar-refractivity contribution in [2.24, 2.45) is 5.92 Å². The highest BCUT2D eigenvalue weighted by atomic mass is 32.2. The van der Waals surface area contributed by atoms with E-state index in [1.165, 1.54) is 12.1 Å². The molecule has 0 spiro atoms. The summed E-state index contributed by atoms with van der Waals surface area (Å²) in [6.45, 7) is 5.32. The minimum absolute atomic E-state index is 0.0636. The Bertz CT molecular complexity index is 1090. The normalized spacial score (nSPS) is 12.7. The number of sulfonamides is 1. The van der Waals surface area contributed by atoms with Crippen molar-refractivity contribution in [2.75, 3.05) is 0 Å². The van der Waals surface area contributed by atoms with Gasteiger partial charge in [-0.05, 0) is 36.1 Å². The van der Waals surface area contributed by atoms with Gasteiger partial charge in [0.15, 0.2) is 0 Å². The molecule has 3 rings (SSSR count). The van der Waals surface area contributed by atoms with E-state index in [1.807, 2.05) is 67.6 Å². The number of aryl methyl sites for hydroxylation is 1. The molecule has 0 aliphatic rings. The number of carbonyl (C=O) groups excluding carboxylic acids is 1. The highest BCUT2D eigenvalue weighted by molar-refractivity contribution is 7.89. The summed E-state index contributed by atoms with van der Waals surface area (Å²) in [5, 5.41) is 11.7. The molecule has 0 aromatic heterocycles. The van der Waals surface area contributed by atoms with Gasteiger partial charge in [-0.1, -0.05) is 92.2 Å². The van der Waals surface area contributed by atoms with Crippen molar-refractivity contribution in [1.82, 2.24) is 9.79 Å². The molecule has 0 saturated heterocycles. The monoisotopic (exact) mass is 452 g/mol. The molecule has 1 atom stereocenters. The van der Waals surface area contributed by atoms with Gasteiger partial charge >= 0.3 is 0 Å². The van der Waals surface area contributed by atoms with Gasteiger partial charge in [0.25, 0.3) is 5.91 Å². The van der Waals surface area contributed by atoms with Crippen LogP contribution in [0, 0.1) is 12.8 Å². The van der Waals surface area contributed by atoms with Crippen LogP contribution in [0.4, 0.5) is 0 Å². The number of benzene rings is 3. The Hall–Kier alpha value is -3.00. The summed E-state index contributed by atoms with van der Waals surface area (Å²) in [5.41, 5.74) is 2.34. The van der Waals surface area contributed by atoms with Crippen LogP contribution < -0.4 is 4.72 Å². The minimum Gasteiger partial charge on any atom is -0.285 e. The molecule has 0 bridgehead atoms. The summed E-state index contributed by atoms with van der Waals surface area (Å²) in [7, 11) is -3.96. The van der Waals surface area contributed by atoms with Gasteiger partial charge in [0.2, 0.25) is 10.0 Å². The predicted octanol–water partition coefficient (Wildman–Crippen LogP) is 4.31. The number of carbonyl (C=O) groups is 1. The largest absolute Gasteiger partial charge is 0.285 e. The lowest BCUT2D eigenvalue weighted by atomic mass is 9.96. The first-order valence-electron chi connectivity index (χ1n) is 10.4. The number of nitrogens with one attached hydrogen (secondary N) is 1. The summed E-state index contributed by atoms with van der Waals surface area (Å²) in [6.07, 6.45) is 0. The summed E-state index contributed by atoms with van der Waals surface area (Å²) in [4.78, 5) is 13.4. The summed E-state index contributed by atoms with van der Waals surface area (Å²) >= 11 is 0. The highest BCUT2D eigenvalue weighted by Gasteiger charge is 2.35. The van der Waals surface area contributed by atoms with Crippen LogP contribution in [-0.4, -0.2) is 30.6 Å². The van der Waals surface area contributed by atoms with Crippen molar-refractivity contribution in [3.8, 4) is 0 Å². The van der Waals surface area contributed by atoms with E-state index in [0.717, 1.165) is 5.56 Å². The zero-order valence-corrected chi connectivity index (χ0v) is 19.2. The Balaban J connectivity index is 1.94. The van der Waals surface area contributed by atoms with Crippen LogP contribution in [0.3, 0.4) is 0 Å². The number of hydroxylamine groups is 2. The number of rotatable bonds is 8. The molecule has 32 heavy (non-hydrogen) atoms. The molecule has 0 aliphatic heterocycles. The van der Waals surface area contributed by atoms with E-state index in [0.29, 0.717) is 16.2 Å². The van der Waals surface area contributed by atoms with E-state index in [4.69, 9.17) is 0 Å². The molecule has 0 heterocycles. The zero-order chi connectivity index (χ0) is 23.3. The van der Waals surface area contributed by atoms with Crippen LogP contribution in [-0.2, 0) is 14.8 Å². The average Bonchev–Trinajstić information content (AvgIpc) is 2.79. The lowest BCUT2D eigenvalue weighted by Crippen LogP contribution is -2.51. The topological polar surface area (TPSA) is 86.7 Å². The van der Waals surface area contributed by atoms with E-state index in [1.54, 1.807) is 26.0 Å². The van der Waals surface area contributed by atoms with Crippen molar-refractivity contribution >= 4 is 15.9 Å². The fourth-order valence-corrected chi connectivity index (χ4v) is 4.78. The molecule has 168 valence electrons. The fraction of sp³-hybridized carbons (Fsp3) is 0.240. The van der Waals surface area contributed by atoms with E-state index >= 15 is 0 Å². The lowest BCUT2D eigenvalue weighted by Gasteiger charge is -2.31. The SMILES string of the molecule is Cc1ccc(S(=O)(=O)N[C@H](C(=O)N(O)C(c2ccccc2)c2ccccc2)C(C)C)cc1. The molecule has 1 amide bonds. The van der Waals surface area contributed by atoms with Crippen molar-refractivity contribution in [1.29, 1.82) is 0 Å². The molecule has 7 heteroatoms. The van der Waals surface area contributed by atoms with Crippen LogP contribution in [0.2, 0.25) is 0 Å². The van der Waals surface area contributed by atoms with Gasteiger partial charge in [-0.15, -0.1) is 0 Å². The maximum Gasteiger partial charge on any atom is 0.265 e. The van der Waals surface area contributed by atoms with E-state index in [2.05, 4.69) is 4.72 Å². The highest BCUT2D eigenvalue weighted by Crippen LogP contribution is 2.28. The first kappa shape index (κ1) is 23.7. The number of hydrogen-bond acceptors (Lipinski definition) is 4. The molecule has 0 radical (unpaired) electrons. The molecule has 0 fully saturated rings. The summed E-state index contributed by atoms with van der Waals surface area (Å²) < 4.78 is 28.4. The Morgan fingerprint density at radius 3 is 1.75 bits per heavy atom. The first-order valence-corrected chi connectivity index (χ1v) is 11.9. The van der Waals surface area contributed by atoms with Gasteiger partial charge in [0, 0.05) is 0 Å². The van der Waals surface area contributed by atoms with E-state index in [9.17, 15) is 18.4 Å². The van der Waals surface area contributed by atoms with Crippen LogP contribution >= 0.6 is 0 Å². The molecule has 6 nitrogen and oxygen atoms in total. The number of nitrogens with zero attached hydrogens (tertiary/aromatic N) is 1. The molecule has 3 aromatic rings. The fourth-order valence-electron chi connectivity index (χ4n) is 3.44. The third-order valence-corrected chi connectivity index (χ3v) is 6.70. The third-order valence-electron chi connectivity index (χ3n) is 5.25. The summed E-state index contributed by atoms with van der Waals surface area (Å²) in [6, 6.07) is 22.7. The Kier molecular flexibility index (Phi) is 7.45. The van der Waals surface area contributed by atoms with Gasteiger partial charge in [-0.25, -0.2) is 13.5 Å². The second kappa shape index (κ2) is 10.1. The molecule has 2 N–H and O–H groups in total. The van der Waals surface area contributed by atoms with Crippen LogP contribution in [0.25, 0.3) is 0 Å². The third kappa shape index (κ3) is 5.43. The van der Waals surface area contributed by atoms with E-state index < -0.39 is 33.9 Å². The molecule has 0 aliphatic carbocycles. The Morgan fingerprint density at radius 2 is 1.31 bits per heavy atom. The van der Waals surface area contributed by atoms with Gasteiger partial charge in [-0.3, -0.25) is 10.0 Å². The van der Waals surface area contributed by atoms with E-state index in [-0.39, 0.29) is 4.90 Å². The first-order chi connectivity index (χ1) is 15.2. The smallest absolute Gasteiger partial charge is 0.265 e. The Labute approximate surface area is 189 Å². The van der Waals surface area contributed by atoms with Gasteiger partial charge in [-0.2, -0.15) is 4.72 Å². The summed E-state index contributed by atoms with van der Waals surface area (Å²) in [5.74, 6) is -1.13. The van der Waals surface area contributed by atoms with Gasteiger partial charge < -0.3 is 0 Å². The quantitative estimate of drug-likeness (QED) is 0.394. The Morgan fingerprint density at radius 1 is 0.844 bits per heavy atom. The number of hydrogen-bond donors (Lipinski definition) is 2. The van der Waals surface area contributed by atoms with Crippen molar-refractivity contribution in [3.05, 3.63) is 102 Å². The second-order valence-electron chi connectivity index (χ2n) is 8.06. The van der Waals surface area contributed by atoms with Gasteiger partial charge in [0.1, 0.15) is 12.1 Å². The van der Waals surface area contributed by atoms with Crippen molar-refractivity contribution < 1.29 is 18.4 Å². The zero-order valence-electron chi connectivity index (χ0n) is 18.3. The molecular weight excluding hydrogens is 424 g/mol. The van der Waals surface area contributed by atoms with Crippen LogP contribution in [0.1, 0.15) is 36.6 Å².